The first-order chi connectivity index (χ1) is 8.79. The fourth-order valence-corrected chi connectivity index (χ4v) is 3.56. The molecule has 2 aliphatic carbocycles. The second kappa shape index (κ2) is 5.00. The van der Waals surface area contributed by atoms with Gasteiger partial charge >= 0.3 is 0 Å². The van der Waals surface area contributed by atoms with Gasteiger partial charge in [0.1, 0.15) is 0 Å². The molecule has 0 saturated heterocycles. The fourth-order valence-electron chi connectivity index (χ4n) is 3.56. The van der Waals surface area contributed by atoms with Crippen molar-refractivity contribution in [2.45, 2.75) is 43.8 Å². The van der Waals surface area contributed by atoms with Gasteiger partial charge in [0.05, 0.1) is 0 Å². The van der Waals surface area contributed by atoms with E-state index >= 15 is 0 Å². The van der Waals surface area contributed by atoms with Crippen LogP contribution in [0.5, 0.6) is 0 Å². The molecule has 98 valence electrons. The highest BCUT2D eigenvalue weighted by atomic mass is 16.3. The minimum Gasteiger partial charge on any atom is -0.396 e. The van der Waals surface area contributed by atoms with E-state index in [2.05, 4.69) is 29.6 Å². The van der Waals surface area contributed by atoms with Crippen molar-refractivity contribution in [2.24, 2.45) is 11.7 Å². The number of aliphatic hydroxyl groups is 1. The van der Waals surface area contributed by atoms with Gasteiger partial charge in [-0.25, -0.2) is 0 Å². The summed E-state index contributed by atoms with van der Waals surface area (Å²) in [6.45, 7) is 0.304. The second-order valence-corrected chi connectivity index (χ2v) is 5.67. The molecule has 0 amide bonds. The second-order valence-electron chi connectivity index (χ2n) is 5.67. The summed E-state index contributed by atoms with van der Waals surface area (Å²) in [4.78, 5) is 0. The zero-order valence-corrected chi connectivity index (χ0v) is 10.7. The van der Waals surface area contributed by atoms with Crippen LogP contribution in [0.4, 0.5) is 0 Å². The van der Waals surface area contributed by atoms with Gasteiger partial charge < -0.3 is 16.2 Å². The molecule has 0 aromatic heterocycles. The monoisotopic (exact) mass is 246 g/mol. The maximum absolute atomic E-state index is 9.39. The third-order valence-electron chi connectivity index (χ3n) is 4.57. The molecule has 4 N–H and O–H groups in total. The highest BCUT2D eigenvalue weighted by Crippen LogP contribution is 2.38. The SMILES string of the molecule is NC1CC(NC2CCCC2CO)c2ccccc21. The average molecular weight is 246 g/mol. The smallest absolute Gasteiger partial charge is 0.0474 e. The van der Waals surface area contributed by atoms with Gasteiger partial charge in [0.25, 0.3) is 0 Å². The molecule has 2 aliphatic rings. The molecule has 1 fully saturated rings. The number of hydrogen-bond acceptors (Lipinski definition) is 3. The quantitative estimate of drug-likeness (QED) is 0.763. The number of benzene rings is 1. The van der Waals surface area contributed by atoms with Crippen LogP contribution in [0.25, 0.3) is 0 Å². The standard InChI is InChI=1S/C15H22N2O/c16-13-8-15(12-6-2-1-5-11(12)13)17-14-7-3-4-10(14)9-18/h1-2,5-6,10,13-15,17-18H,3-4,7-9,16H2. The Morgan fingerprint density at radius 1 is 1.22 bits per heavy atom. The van der Waals surface area contributed by atoms with Crippen LogP contribution in [-0.4, -0.2) is 17.8 Å². The first-order valence-electron chi connectivity index (χ1n) is 7.01. The molecular weight excluding hydrogens is 224 g/mol. The first-order valence-corrected chi connectivity index (χ1v) is 7.01. The van der Waals surface area contributed by atoms with Crippen LogP contribution in [0, 0.1) is 5.92 Å². The van der Waals surface area contributed by atoms with E-state index in [4.69, 9.17) is 5.73 Å². The van der Waals surface area contributed by atoms with Crippen molar-refractivity contribution in [3.05, 3.63) is 35.4 Å². The molecule has 0 bridgehead atoms. The summed E-state index contributed by atoms with van der Waals surface area (Å²) >= 11 is 0. The van der Waals surface area contributed by atoms with Crippen LogP contribution in [0.2, 0.25) is 0 Å². The van der Waals surface area contributed by atoms with Crippen LogP contribution in [0.3, 0.4) is 0 Å². The third kappa shape index (κ3) is 2.07. The van der Waals surface area contributed by atoms with Gasteiger partial charge in [0.2, 0.25) is 0 Å². The van der Waals surface area contributed by atoms with Gasteiger partial charge in [-0.3, -0.25) is 0 Å². The molecule has 3 heteroatoms. The number of nitrogens with one attached hydrogen (secondary N) is 1. The van der Waals surface area contributed by atoms with Crippen LogP contribution < -0.4 is 11.1 Å². The molecule has 18 heavy (non-hydrogen) atoms. The number of fused-ring (bicyclic) bond motifs is 1. The fraction of sp³-hybridized carbons (Fsp3) is 0.600. The van der Waals surface area contributed by atoms with Gasteiger partial charge in [0.15, 0.2) is 0 Å². The topological polar surface area (TPSA) is 58.3 Å². The van der Waals surface area contributed by atoms with Crippen LogP contribution in [0.1, 0.15) is 48.9 Å². The molecule has 0 heterocycles. The summed E-state index contributed by atoms with van der Waals surface area (Å²) in [6, 6.07) is 9.46. The van der Waals surface area contributed by atoms with Crippen molar-refractivity contribution in [3.63, 3.8) is 0 Å². The van der Waals surface area contributed by atoms with Crippen LogP contribution in [-0.2, 0) is 0 Å². The summed E-state index contributed by atoms with van der Waals surface area (Å²) < 4.78 is 0. The van der Waals surface area contributed by atoms with Crippen LogP contribution in [0.15, 0.2) is 24.3 Å². The highest BCUT2D eigenvalue weighted by molar-refractivity contribution is 5.37. The van der Waals surface area contributed by atoms with E-state index in [1.165, 1.54) is 24.0 Å². The van der Waals surface area contributed by atoms with E-state index in [0.717, 1.165) is 12.8 Å². The van der Waals surface area contributed by atoms with E-state index in [1.807, 2.05) is 0 Å². The lowest BCUT2D eigenvalue weighted by molar-refractivity contribution is 0.198. The van der Waals surface area contributed by atoms with E-state index in [9.17, 15) is 5.11 Å². The number of rotatable bonds is 3. The molecule has 3 rings (SSSR count). The van der Waals surface area contributed by atoms with Gasteiger partial charge in [0, 0.05) is 24.7 Å². The average Bonchev–Trinajstić information content (AvgIpc) is 2.96. The third-order valence-corrected chi connectivity index (χ3v) is 4.57. The molecule has 4 atom stereocenters. The van der Waals surface area contributed by atoms with E-state index in [0.29, 0.717) is 24.6 Å². The normalized spacial score (nSPS) is 34.8. The maximum atomic E-state index is 9.39. The number of nitrogens with two attached hydrogens (primary N) is 1. The maximum Gasteiger partial charge on any atom is 0.0474 e. The van der Waals surface area contributed by atoms with E-state index in [-0.39, 0.29) is 6.04 Å². The highest BCUT2D eigenvalue weighted by Gasteiger charge is 2.33. The summed E-state index contributed by atoms with van der Waals surface area (Å²) in [5.74, 6) is 0.425. The van der Waals surface area contributed by atoms with E-state index < -0.39 is 0 Å². The summed E-state index contributed by atoms with van der Waals surface area (Å²) in [7, 11) is 0. The van der Waals surface area contributed by atoms with Crippen LogP contribution >= 0.6 is 0 Å². The zero-order valence-electron chi connectivity index (χ0n) is 10.7. The van der Waals surface area contributed by atoms with Crippen molar-refractivity contribution in [3.8, 4) is 0 Å². The van der Waals surface area contributed by atoms with Gasteiger partial charge in [-0.15, -0.1) is 0 Å². The molecule has 1 saturated carbocycles. The Balaban J connectivity index is 1.75. The number of aliphatic hydroxyl groups excluding tert-OH is 1. The summed E-state index contributed by atoms with van der Waals surface area (Å²) in [5, 5.41) is 13.1. The molecule has 0 aliphatic heterocycles. The molecule has 3 nitrogen and oxygen atoms in total. The van der Waals surface area contributed by atoms with Crippen molar-refractivity contribution in [1.29, 1.82) is 0 Å². The minimum atomic E-state index is 0.160. The Hall–Kier alpha value is -0.900. The summed E-state index contributed by atoms with van der Waals surface area (Å²) in [6.07, 6.45) is 4.53. The number of hydrogen-bond donors (Lipinski definition) is 3. The largest absolute Gasteiger partial charge is 0.396 e. The van der Waals surface area contributed by atoms with Crippen molar-refractivity contribution >= 4 is 0 Å². The Morgan fingerprint density at radius 2 is 2.00 bits per heavy atom. The first kappa shape index (κ1) is 12.2. The van der Waals surface area contributed by atoms with Gasteiger partial charge in [-0.1, -0.05) is 30.7 Å². The zero-order chi connectivity index (χ0) is 12.5. The predicted molar refractivity (Wildman–Crippen MR) is 72.1 cm³/mol. The molecule has 0 radical (unpaired) electrons. The van der Waals surface area contributed by atoms with Gasteiger partial charge in [-0.05, 0) is 36.3 Å². The Labute approximate surface area is 108 Å². The van der Waals surface area contributed by atoms with Crippen molar-refractivity contribution in [2.75, 3.05) is 6.61 Å². The Kier molecular flexibility index (Phi) is 3.37. The molecule has 0 spiro atoms. The molecule has 1 aromatic carbocycles. The van der Waals surface area contributed by atoms with Gasteiger partial charge in [-0.2, -0.15) is 0 Å². The predicted octanol–water partition coefficient (Wildman–Crippen LogP) is 1.88. The molecule has 1 aromatic rings. The lowest BCUT2D eigenvalue weighted by Crippen LogP contribution is -2.36. The lowest BCUT2D eigenvalue weighted by atomic mass is 10.0. The lowest BCUT2D eigenvalue weighted by Gasteiger charge is -2.24. The summed E-state index contributed by atoms with van der Waals surface area (Å²) in [5.41, 5.74) is 8.83. The minimum absolute atomic E-state index is 0.160. The van der Waals surface area contributed by atoms with Crippen molar-refractivity contribution < 1.29 is 5.11 Å². The van der Waals surface area contributed by atoms with Crippen molar-refractivity contribution in [1.82, 2.24) is 5.32 Å². The molecule has 4 unspecified atom stereocenters. The molecular formula is C15H22N2O. The Bertz CT molecular complexity index is 421. The van der Waals surface area contributed by atoms with E-state index in [1.54, 1.807) is 0 Å². The Morgan fingerprint density at radius 3 is 2.78 bits per heavy atom.